The van der Waals surface area contributed by atoms with Gasteiger partial charge in [0.2, 0.25) is 0 Å². The van der Waals surface area contributed by atoms with Crippen molar-refractivity contribution in [1.29, 1.82) is 0 Å². The Morgan fingerprint density at radius 2 is 1.69 bits per heavy atom. The van der Waals surface area contributed by atoms with E-state index >= 15 is 0 Å². The van der Waals surface area contributed by atoms with Gasteiger partial charge in [0, 0.05) is 25.3 Å². The van der Waals surface area contributed by atoms with Gasteiger partial charge in [0.05, 0.1) is 26.7 Å². The highest BCUT2D eigenvalue weighted by molar-refractivity contribution is 7.92. The molecule has 1 fully saturated rings. The van der Waals surface area contributed by atoms with E-state index in [-0.39, 0.29) is 23.2 Å². The Labute approximate surface area is 242 Å². The minimum Gasteiger partial charge on any atom is -0.316 e. The van der Waals surface area contributed by atoms with Crippen molar-refractivity contribution < 1.29 is 48.3 Å². The van der Waals surface area contributed by atoms with Crippen LogP contribution in [0.2, 0.25) is 0 Å². The number of benzene rings is 1. The molecule has 1 saturated carbocycles. The predicted octanol–water partition coefficient (Wildman–Crippen LogP) is 6.66. The van der Waals surface area contributed by atoms with Crippen LogP contribution in [0.15, 0.2) is 46.3 Å². The smallest absolute Gasteiger partial charge is 0.316 e. The molecule has 0 bridgehead atoms. The quantitative estimate of drug-likeness (QED) is 0.178. The number of ether oxygens (including phenoxy) is 1. The van der Waals surface area contributed by atoms with Crippen molar-refractivity contribution in [2.45, 2.75) is 92.7 Å². The van der Waals surface area contributed by atoms with Crippen LogP contribution in [0, 0.1) is 11.8 Å². The number of hydrogen-bond donors (Lipinski definition) is 0. The van der Waals surface area contributed by atoms with Crippen LogP contribution in [-0.2, 0) is 37.2 Å². The summed E-state index contributed by atoms with van der Waals surface area (Å²) in [4.78, 5) is 15.4. The first kappa shape index (κ1) is 34.0. The third-order valence-corrected chi connectivity index (χ3v) is 11.5. The number of carbonyl (C=O) groups excluding carboxylic acids is 1. The lowest BCUT2D eigenvalue weighted by molar-refractivity contribution is -0.246. The zero-order valence-corrected chi connectivity index (χ0v) is 25.3. The lowest BCUT2D eigenvalue weighted by Crippen LogP contribution is -2.46. The Morgan fingerprint density at radius 1 is 1.05 bits per heavy atom. The number of ketones is 1. The van der Waals surface area contributed by atoms with E-state index < -0.39 is 71.7 Å². The Morgan fingerprint density at radius 3 is 2.26 bits per heavy atom. The lowest BCUT2D eigenvalue weighted by Gasteiger charge is -2.45. The molecule has 0 aliphatic heterocycles. The van der Waals surface area contributed by atoms with Gasteiger partial charge in [-0.2, -0.15) is 22.0 Å². The molecule has 1 aliphatic carbocycles. The molecule has 1 aliphatic rings. The number of rotatable bonds is 13. The number of sulfone groups is 2. The summed E-state index contributed by atoms with van der Waals surface area (Å²) >= 11 is 0. The molecule has 1 aromatic heterocycles. The maximum absolute atomic E-state index is 13.5. The summed E-state index contributed by atoms with van der Waals surface area (Å²) in [5.74, 6) is -0.798. The number of hydrogen-bond acceptors (Lipinski definition) is 7. The van der Waals surface area contributed by atoms with E-state index in [0.29, 0.717) is 49.8 Å². The van der Waals surface area contributed by atoms with Crippen LogP contribution in [0.1, 0.15) is 80.9 Å². The van der Waals surface area contributed by atoms with Gasteiger partial charge in [-0.3, -0.25) is 9.78 Å². The molecule has 3 rings (SSSR count). The largest absolute Gasteiger partial charge is 0.417 e. The van der Waals surface area contributed by atoms with Gasteiger partial charge in [-0.25, -0.2) is 16.8 Å². The summed E-state index contributed by atoms with van der Waals surface area (Å²) in [6.07, 6.45) is -5.67. The fourth-order valence-corrected chi connectivity index (χ4v) is 7.58. The number of aromatic nitrogens is 1. The number of alkyl halides is 5. The van der Waals surface area contributed by atoms with Crippen LogP contribution < -0.4 is 0 Å². The van der Waals surface area contributed by atoms with Crippen LogP contribution in [0.5, 0.6) is 0 Å². The molecule has 1 aromatic carbocycles. The second kappa shape index (κ2) is 12.3. The Hall–Kier alpha value is -2.45. The van der Waals surface area contributed by atoms with E-state index in [4.69, 9.17) is 0 Å². The standard InChI is InChI=1S/C28H34F5NO6S2/c1-5-27(29,30)40-17-19-9-6-10-22(14-19)42(38,39)26(2,3)20-12-18(13-20)8-7-11-23(35)25-24(41(4,36)37)15-21(16-34-25)28(31,32)33/h6,9-10,14-16,18,20H,5,7-8,11-13,17H2,1-4H3. The molecule has 2 aromatic rings. The summed E-state index contributed by atoms with van der Waals surface area (Å²) in [7, 11) is -8.00. The first-order valence-corrected chi connectivity index (χ1v) is 16.7. The van der Waals surface area contributed by atoms with Gasteiger partial charge in [0.25, 0.3) is 0 Å². The summed E-state index contributed by atoms with van der Waals surface area (Å²) in [5, 5.41) is 0. The topological polar surface area (TPSA) is 107 Å². The third kappa shape index (κ3) is 7.73. The summed E-state index contributed by atoms with van der Waals surface area (Å²) in [6, 6.07) is 6.16. The molecule has 7 nitrogen and oxygen atoms in total. The van der Waals surface area contributed by atoms with E-state index in [1.807, 2.05) is 0 Å². The summed E-state index contributed by atoms with van der Waals surface area (Å²) in [5.41, 5.74) is -1.50. The van der Waals surface area contributed by atoms with Crippen molar-refractivity contribution in [2.75, 3.05) is 6.26 Å². The molecule has 0 spiro atoms. The number of Topliss-reactive ketones (excluding diaryl/α,β-unsaturated/α-hetero) is 1. The Kier molecular flexibility index (Phi) is 9.95. The molecular formula is C28H34F5NO6S2. The molecule has 0 radical (unpaired) electrons. The molecule has 0 atom stereocenters. The average molecular weight is 640 g/mol. The van der Waals surface area contributed by atoms with E-state index in [0.717, 1.165) is 0 Å². The number of carbonyl (C=O) groups is 1. The molecule has 0 unspecified atom stereocenters. The van der Waals surface area contributed by atoms with Crippen LogP contribution in [0.25, 0.3) is 0 Å². The van der Waals surface area contributed by atoms with Crippen LogP contribution >= 0.6 is 0 Å². The van der Waals surface area contributed by atoms with Gasteiger partial charge >= 0.3 is 12.3 Å². The van der Waals surface area contributed by atoms with Crippen LogP contribution in [0.3, 0.4) is 0 Å². The summed E-state index contributed by atoms with van der Waals surface area (Å²) < 4.78 is 121. The van der Waals surface area contributed by atoms with Gasteiger partial charge in [-0.05, 0) is 75.1 Å². The number of nitrogens with zero attached hydrogens (tertiary/aromatic N) is 1. The van der Waals surface area contributed by atoms with Gasteiger partial charge in [-0.15, -0.1) is 0 Å². The molecule has 42 heavy (non-hydrogen) atoms. The van der Waals surface area contributed by atoms with Crippen molar-refractivity contribution >= 4 is 25.5 Å². The monoisotopic (exact) mass is 639 g/mol. The first-order chi connectivity index (χ1) is 19.2. The molecular weight excluding hydrogens is 605 g/mol. The van der Waals surface area contributed by atoms with E-state index in [2.05, 4.69) is 9.72 Å². The van der Waals surface area contributed by atoms with Gasteiger partial charge < -0.3 is 4.74 Å². The Balaban J connectivity index is 1.60. The van der Waals surface area contributed by atoms with Crippen molar-refractivity contribution in [1.82, 2.24) is 4.98 Å². The van der Waals surface area contributed by atoms with E-state index in [1.165, 1.54) is 31.2 Å². The van der Waals surface area contributed by atoms with E-state index in [1.54, 1.807) is 13.8 Å². The fourth-order valence-electron chi connectivity index (χ4n) is 4.92. The van der Waals surface area contributed by atoms with Gasteiger partial charge in [-0.1, -0.05) is 19.1 Å². The zero-order chi connectivity index (χ0) is 31.7. The maximum atomic E-state index is 13.5. The zero-order valence-electron chi connectivity index (χ0n) is 23.7. The Bertz CT molecular complexity index is 1520. The fraction of sp³-hybridized carbons (Fsp3) is 0.571. The minimum absolute atomic E-state index is 0.00758. The molecule has 234 valence electrons. The molecule has 14 heteroatoms. The third-order valence-electron chi connectivity index (χ3n) is 7.84. The van der Waals surface area contributed by atoms with Crippen molar-refractivity contribution in [3.05, 3.63) is 53.3 Å². The normalized spacial score (nSPS) is 18.5. The molecule has 0 N–H and O–H groups in total. The number of pyridine rings is 1. The van der Waals surface area contributed by atoms with Crippen molar-refractivity contribution in [2.24, 2.45) is 11.8 Å². The molecule has 0 amide bonds. The maximum Gasteiger partial charge on any atom is 0.417 e. The van der Waals surface area contributed by atoms with Gasteiger partial charge in [0.15, 0.2) is 25.5 Å². The van der Waals surface area contributed by atoms with E-state index in [9.17, 15) is 43.6 Å². The van der Waals surface area contributed by atoms with Crippen molar-refractivity contribution in [3.8, 4) is 0 Å². The second-order valence-corrected chi connectivity index (χ2v) is 15.7. The molecule has 1 heterocycles. The highest BCUT2D eigenvalue weighted by Gasteiger charge is 2.48. The highest BCUT2D eigenvalue weighted by Crippen LogP contribution is 2.48. The van der Waals surface area contributed by atoms with Crippen LogP contribution in [0.4, 0.5) is 22.0 Å². The first-order valence-electron chi connectivity index (χ1n) is 13.3. The van der Waals surface area contributed by atoms with Gasteiger partial charge in [0.1, 0.15) is 5.69 Å². The minimum atomic E-state index is -4.82. The summed E-state index contributed by atoms with van der Waals surface area (Å²) in [6.45, 7) is 4.06. The number of halogens is 5. The highest BCUT2D eigenvalue weighted by atomic mass is 32.2. The van der Waals surface area contributed by atoms with Crippen LogP contribution in [-0.4, -0.2) is 44.7 Å². The predicted molar refractivity (Wildman–Crippen MR) is 144 cm³/mol. The molecule has 0 saturated heterocycles. The average Bonchev–Trinajstić information content (AvgIpc) is 2.87. The SMILES string of the molecule is CCC(F)(F)OCc1cccc(S(=O)(=O)C(C)(C)C2CC(CCCC(=O)c3ncc(C(F)(F)F)cc3S(C)(=O)=O)C2)c1. The lowest BCUT2D eigenvalue weighted by atomic mass is 9.67. The van der Waals surface area contributed by atoms with Crippen molar-refractivity contribution in [3.63, 3.8) is 0 Å². The second-order valence-electron chi connectivity index (χ2n) is 11.2.